The van der Waals surface area contributed by atoms with E-state index >= 15 is 0 Å². The van der Waals surface area contributed by atoms with Gasteiger partial charge in [-0.1, -0.05) is 23.8 Å². The Morgan fingerprint density at radius 2 is 1.91 bits per heavy atom. The lowest BCUT2D eigenvalue weighted by Crippen LogP contribution is -2.32. The van der Waals surface area contributed by atoms with Crippen LogP contribution < -0.4 is 9.47 Å². The van der Waals surface area contributed by atoms with E-state index in [0.29, 0.717) is 31.0 Å². The summed E-state index contributed by atoms with van der Waals surface area (Å²) in [6, 6.07) is 17.8. The molecule has 0 atom stereocenters. The number of ether oxygens (including phenoxy) is 3. The molecule has 4 aromatic rings. The summed E-state index contributed by atoms with van der Waals surface area (Å²) < 4.78 is 16.4. The number of benzene rings is 2. The molecule has 3 heterocycles. The highest BCUT2D eigenvalue weighted by Gasteiger charge is 2.21. The molecule has 0 fully saturated rings. The Balaban J connectivity index is 1.55. The van der Waals surface area contributed by atoms with Crippen molar-refractivity contribution in [2.75, 3.05) is 27.1 Å². The molecule has 0 unspecified atom stereocenters. The molecule has 5 rings (SSSR count). The number of pyridine rings is 1. The fourth-order valence-corrected chi connectivity index (χ4v) is 4.84. The molecular formula is C27H26N2O4S. The Hall–Kier alpha value is -3.42. The van der Waals surface area contributed by atoms with Crippen molar-refractivity contribution in [2.45, 2.75) is 19.9 Å². The van der Waals surface area contributed by atoms with E-state index in [-0.39, 0.29) is 12.7 Å². The number of nitrogens with zero attached hydrogens (tertiary/aromatic N) is 2. The average Bonchev–Trinajstić information content (AvgIpc) is 3.54. The molecule has 2 aromatic heterocycles. The van der Waals surface area contributed by atoms with Crippen LogP contribution in [0.2, 0.25) is 0 Å². The molecule has 0 saturated heterocycles. The predicted octanol–water partition coefficient (Wildman–Crippen LogP) is 5.68. The highest BCUT2D eigenvalue weighted by atomic mass is 32.1. The van der Waals surface area contributed by atoms with E-state index in [4.69, 9.17) is 19.2 Å². The number of rotatable bonds is 8. The number of hydrogen-bond acceptors (Lipinski definition) is 6. The maximum atomic E-state index is 13.5. The van der Waals surface area contributed by atoms with Crippen LogP contribution >= 0.6 is 11.3 Å². The first-order valence-corrected chi connectivity index (χ1v) is 12.1. The number of hydrogen-bond donors (Lipinski definition) is 0. The van der Waals surface area contributed by atoms with Gasteiger partial charge in [0.15, 0.2) is 11.5 Å². The number of carbonyl (C=O) groups excluding carboxylic acids is 1. The van der Waals surface area contributed by atoms with Gasteiger partial charge in [0.1, 0.15) is 0 Å². The summed E-state index contributed by atoms with van der Waals surface area (Å²) in [6.07, 6.45) is 0.752. The fraction of sp³-hybridized carbons (Fsp3) is 0.259. The smallest absolute Gasteiger partial charge is 0.254 e. The van der Waals surface area contributed by atoms with Crippen molar-refractivity contribution in [1.29, 1.82) is 0 Å². The van der Waals surface area contributed by atoms with E-state index in [0.717, 1.165) is 44.8 Å². The Morgan fingerprint density at radius 3 is 2.65 bits per heavy atom. The van der Waals surface area contributed by atoms with Crippen LogP contribution in [0, 0.1) is 6.92 Å². The van der Waals surface area contributed by atoms with Crippen molar-refractivity contribution >= 4 is 28.1 Å². The lowest BCUT2D eigenvalue weighted by atomic mass is 10.1. The standard InChI is InChI=1S/C27H26N2O4S/c1-18-6-8-19(9-7-18)27(30)29(10-4-11-31-2)16-21-13-20-14-23-24(33-17-32-23)15-22(20)28-26(21)25-5-3-12-34-25/h3,5-9,12-15H,4,10-11,16-17H2,1-2H3. The number of methoxy groups -OCH3 is 1. The van der Waals surface area contributed by atoms with E-state index in [1.54, 1.807) is 18.4 Å². The van der Waals surface area contributed by atoms with E-state index in [1.165, 1.54) is 0 Å². The molecule has 0 aliphatic carbocycles. The second-order valence-corrected chi connectivity index (χ2v) is 9.26. The Bertz CT molecular complexity index is 1300. The van der Waals surface area contributed by atoms with Crippen LogP contribution in [0.1, 0.15) is 27.9 Å². The maximum Gasteiger partial charge on any atom is 0.254 e. The third-order valence-electron chi connectivity index (χ3n) is 5.87. The lowest BCUT2D eigenvalue weighted by molar-refractivity contribution is 0.0724. The molecule has 0 radical (unpaired) electrons. The Morgan fingerprint density at radius 1 is 1.12 bits per heavy atom. The van der Waals surface area contributed by atoms with Gasteiger partial charge in [0.25, 0.3) is 5.91 Å². The van der Waals surface area contributed by atoms with Crippen LogP contribution in [0.5, 0.6) is 11.5 Å². The normalized spacial score (nSPS) is 12.3. The molecule has 0 bridgehead atoms. The number of thiophene rings is 1. The summed E-state index contributed by atoms with van der Waals surface area (Å²) in [7, 11) is 1.68. The summed E-state index contributed by atoms with van der Waals surface area (Å²) in [5.41, 5.74) is 4.52. The maximum absolute atomic E-state index is 13.5. The SMILES string of the molecule is COCCCN(Cc1cc2cc3c(cc2nc1-c1cccs1)OCO3)C(=O)c1ccc(C)cc1. The zero-order chi connectivity index (χ0) is 23.5. The molecular weight excluding hydrogens is 448 g/mol. The minimum Gasteiger partial charge on any atom is -0.454 e. The summed E-state index contributed by atoms with van der Waals surface area (Å²) in [5, 5.41) is 3.00. The topological polar surface area (TPSA) is 60.9 Å². The first-order valence-electron chi connectivity index (χ1n) is 11.2. The van der Waals surface area contributed by atoms with Crippen molar-refractivity contribution in [3.8, 4) is 22.1 Å². The lowest BCUT2D eigenvalue weighted by Gasteiger charge is -2.24. The van der Waals surface area contributed by atoms with Crippen molar-refractivity contribution in [3.05, 3.63) is 76.7 Å². The molecule has 7 heteroatoms. The summed E-state index contributed by atoms with van der Waals surface area (Å²) in [6.45, 7) is 3.86. The minimum absolute atomic E-state index is 0.000911. The Labute approximate surface area is 202 Å². The van der Waals surface area contributed by atoms with E-state index in [9.17, 15) is 4.79 Å². The van der Waals surface area contributed by atoms with Crippen molar-refractivity contribution in [3.63, 3.8) is 0 Å². The molecule has 0 saturated carbocycles. The summed E-state index contributed by atoms with van der Waals surface area (Å²) >= 11 is 1.64. The highest BCUT2D eigenvalue weighted by Crippen LogP contribution is 2.38. The van der Waals surface area contributed by atoms with Crippen molar-refractivity contribution in [1.82, 2.24) is 9.88 Å². The van der Waals surface area contributed by atoms with Gasteiger partial charge in [-0.05, 0) is 54.6 Å². The molecule has 2 aromatic carbocycles. The first-order chi connectivity index (χ1) is 16.6. The second kappa shape index (κ2) is 9.83. The molecule has 174 valence electrons. The molecule has 34 heavy (non-hydrogen) atoms. The average molecular weight is 475 g/mol. The van der Waals surface area contributed by atoms with Gasteiger partial charge in [0.05, 0.1) is 16.1 Å². The minimum atomic E-state index is -0.000911. The van der Waals surface area contributed by atoms with E-state index in [2.05, 4.69) is 12.1 Å². The summed E-state index contributed by atoms with van der Waals surface area (Å²) in [5.74, 6) is 1.43. The third kappa shape index (κ3) is 4.62. The van der Waals surface area contributed by atoms with Crippen molar-refractivity contribution < 1.29 is 19.0 Å². The fourth-order valence-electron chi connectivity index (χ4n) is 4.09. The Kier molecular flexibility index (Phi) is 6.47. The van der Waals surface area contributed by atoms with Gasteiger partial charge in [-0.3, -0.25) is 4.79 Å². The summed E-state index contributed by atoms with van der Waals surface area (Å²) in [4.78, 5) is 21.5. The molecule has 6 nitrogen and oxygen atoms in total. The van der Waals surface area contributed by atoms with Crippen LogP contribution in [0.25, 0.3) is 21.5 Å². The second-order valence-electron chi connectivity index (χ2n) is 8.31. The molecule has 1 aliphatic heterocycles. The molecule has 0 spiro atoms. The van der Waals surface area contributed by atoms with Gasteiger partial charge >= 0.3 is 0 Å². The van der Waals surface area contributed by atoms with Crippen molar-refractivity contribution in [2.24, 2.45) is 0 Å². The van der Waals surface area contributed by atoms with E-state index in [1.807, 2.05) is 59.7 Å². The van der Waals surface area contributed by atoms with Gasteiger partial charge in [-0.2, -0.15) is 0 Å². The molecule has 0 N–H and O–H groups in total. The van der Waals surface area contributed by atoms with Crippen LogP contribution in [-0.2, 0) is 11.3 Å². The third-order valence-corrected chi connectivity index (χ3v) is 6.74. The van der Waals surface area contributed by atoms with E-state index < -0.39 is 0 Å². The van der Waals surface area contributed by atoms with Gasteiger partial charge in [0, 0.05) is 43.8 Å². The monoisotopic (exact) mass is 474 g/mol. The van der Waals surface area contributed by atoms with Gasteiger partial charge in [0.2, 0.25) is 6.79 Å². The van der Waals surface area contributed by atoms with Gasteiger partial charge < -0.3 is 19.1 Å². The quantitative estimate of drug-likeness (QED) is 0.308. The predicted molar refractivity (Wildman–Crippen MR) is 134 cm³/mol. The zero-order valence-electron chi connectivity index (χ0n) is 19.2. The number of fused-ring (bicyclic) bond motifs is 2. The number of aromatic nitrogens is 1. The number of aryl methyl sites for hydroxylation is 1. The van der Waals surface area contributed by atoms with Gasteiger partial charge in [-0.15, -0.1) is 11.3 Å². The molecule has 1 amide bonds. The first kappa shape index (κ1) is 22.4. The number of carbonyl (C=O) groups is 1. The van der Waals surface area contributed by atoms with Crippen LogP contribution in [-0.4, -0.2) is 42.8 Å². The van der Waals surface area contributed by atoms with Gasteiger partial charge in [-0.25, -0.2) is 4.98 Å². The zero-order valence-corrected chi connectivity index (χ0v) is 20.1. The van der Waals surface area contributed by atoms with Crippen LogP contribution in [0.15, 0.2) is 60.0 Å². The number of amides is 1. The largest absolute Gasteiger partial charge is 0.454 e. The van der Waals surface area contributed by atoms with Crippen LogP contribution in [0.3, 0.4) is 0 Å². The van der Waals surface area contributed by atoms with Crippen LogP contribution in [0.4, 0.5) is 0 Å². The molecule has 1 aliphatic rings. The highest BCUT2D eigenvalue weighted by molar-refractivity contribution is 7.13.